The minimum atomic E-state index is -0.0797. The van der Waals surface area contributed by atoms with E-state index >= 15 is 0 Å². The fourth-order valence-corrected chi connectivity index (χ4v) is 3.35. The van der Waals surface area contributed by atoms with E-state index < -0.39 is 0 Å². The van der Waals surface area contributed by atoms with Crippen LogP contribution in [0.3, 0.4) is 0 Å². The predicted octanol–water partition coefficient (Wildman–Crippen LogP) is 1.07. The van der Waals surface area contributed by atoms with Crippen LogP contribution in [-0.2, 0) is 17.0 Å². The highest BCUT2D eigenvalue weighted by atomic mass is 32.2. The molecule has 0 radical (unpaired) electrons. The molecule has 3 aromatic rings. The summed E-state index contributed by atoms with van der Waals surface area (Å²) in [6.07, 6.45) is 0.704. The Kier molecular flexibility index (Phi) is 5.64. The van der Waals surface area contributed by atoms with Crippen molar-refractivity contribution in [3.8, 4) is 0 Å². The van der Waals surface area contributed by atoms with E-state index in [9.17, 15) is 4.79 Å². The van der Waals surface area contributed by atoms with Crippen LogP contribution in [0.15, 0.2) is 34.2 Å². The number of hydrogen-bond donors (Lipinski definition) is 2. The van der Waals surface area contributed by atoms with Crippen molar-refractivity contribution in [1.82, 2.24) is 24.5 Å². The highest BCUT2D eigenvalue weighted by Crippen LogP contribution is 2.21. The molecule has 10 heteroatoms. The molecule has 9 nitrogen and oxygen atoms in total. The van der Waals surface area contributed by atoms with Crippen LogP contribution < -0.4 is 17.0 Å². The first-order chi connectivity index (χ1) is 12.6. The number of nitrogens with two attached hydrogens (primary N) is 2. The molecule has 0 fully saturated rings. The van der Waals surface area contributed by atoms with Crippen molar-refractivity contribution < 1.29 is 4.74 Å². The van der Waals surface area contributed by atoms with Gasteiger partial charge in [-0.25, -0.2) is 4.98 Å². The standard InChI is InChI=1S/C16H19N7O2S/c1-25-8-4-7-23-13(24)10-5-2-3-6-11(10)19-16(23)26-9-12-20-14(17)22-15(18)21-12/h2-3,5-6H,4,7-9H2,1H3,(H4,17,18,20,21,22). The number of fused-ring (bicyclic) bond motifs is 1. The van der Waals surface area contributed by atoms with Gasteiger partial charge in [0.05, 0.1) is 16.7 Å². The van der Waals surface area contributed by atoms with Crippen LogP contribution in [0.25, 0.3) is 10.9 Å². The molecule has 0 atom stereocenters. The number of rotatable bonds is 7. The van der Waals surface area contributed by atoms with Crippen molar-refractivity contribution in [3.63, 3.8) is 0 Å². The zero-order chi connectivity index (χ0) is 18.5. The molecule has 0 spiro atoms. The molecule has 136 valence electrons. The van der Waals surface area contributed by atoms with E-state index in [0.717, 1.165) is 0 Å². The van der Waals surface area contributed by atoms with Gasteiger partial charge >= 0.3 is 0 Å². The van der Waals surface area contributed by atoms with Crippen molar-refractivity contribution in [1.29, 1.82) is 0 Å². The molecule has 0 amide bonds. The Morgan fingerprint density at radius 2 is 1.85 bits per heavy atom. The van der Waals surface area contributed by atoms with Gasteiger partial charge in [0, 0.05) is 20.3 Å². The van der Waals surface area contributed by atoms with Gasteiger partial charge in [-0.3, -0.25) is 9.36 Å². The van der Waals surface area contributed by atoms with Crippen LogP contribution in [-0.4, -0.2) is 38.2 Å². The summed E-state index contributed by atoms with van der Waals surface area (Å²) in [7, 11) is 1.63. The maximum Gasteiger partial charge on any atom is 0.262 e. The summed E-state index contributed by atoms with van der Waals surface area (Å²) in [5.41, 5.74) is 11.8. The third-order valence-corrected chi connectivity index (χ3v) is 4.58. The van der Waals surface area contributed by atoms with Gasteiger partial charge in [0.2, 0.25) is 11.9 Å². The summed E-state index contributed by atoms with van der Waals surface area (Å²) in [5.74, 6) is 0.936. The van der Waals surface area contributed by atoms with Crippen LogP contribution in [0.5, 0.6) is 0 Å². The van der Waals surface area contributed by atoms with E-state index in [1.807, 2.05) is 18.2 Å². The maximum atomic E-state index is 12.9. The zero-order valence-corrected chi connectivity index (χ0v) is 15.1. The normalized spacial score (nSPS) is 11.1. The molecule has 1 aromatic carbocycles. The second-order valence-corrected chi connectivity index (χ2v) is 6.41. The zero-order valence-electron chi connectivity index (χ0n) is 14.3. The molecule has 3 rings (SSSR count). The highest BCUT2D eigenvalue weighted by molar-refractivity contribution is 7.98. The van der Waals surface area contributed by atoms with Gasteiger partial charge < -0.3 is 16.2 Å². The number of methoxy groups -OCH3 is 1. The van der Waals surface area contributed by atoms with Crippen LogP contribution in [0.1, 0.15) is 12.2 Å². The van der Waals surface area contributed by atoms with Gasteiger partial charge in [-0.1, -0.05) is 23.9 Å². The van der Waals surface area contributed by atoms with Crippen molar-refractivity contribution in [2.45, 2.75) is 23.9 Å². The summed E-state index contributed by atoms with van der Waals surface area (Å²) in [6, 6.07) is 7.28. The summed E-state index contributed by atoms with van der Waals surface area (Å²) < 4.78 is 6.74. The van der Waals surface area contributed by atoms with E-state index in [4.69, 9.17) is 16.2 Å². The number of thioether (sulfide) groups is 1. The second-order valence-electron chi connectivity index (χ2n) is 5.47. The summed E-state index contributed by atoms with van der Waals surface area (Å²) >= 11 is 1.35. The largest absolute Gasteiger partial charge is 0.385 e. The van der Waals surface area contributed by atoms with Crippen molar-refractivity contribution in [2.24, 2.45) is 0 Å². The van der Waals surface area contributed by atoms with Crippen molar-refractivity contribution >= 4 is 34.6 Å². The first-order valence-corrected chi connectivity index (χ1v) is 8.94. The van der Waals surface area contributed by atoms with Gasteiger partial charge in [-0.15, -0.1) is 0 Å². The van der Waals surface area contributed by atoms with Crippen LogP contribution in [0.2, 0.25) is 0 Å². The first-order valence-electron chi connectivity index (χ1n) is 7.95. The van der Waals surface area contributed by atoms with Crippen LogP contribution >= 0.6 is 11.8 Å². The lowest BCUT2D eigenvalue weighted by atomic mass is 10.2. The van der Waals surface area contributed by atoms with Gasteiger partial charge in [0.1, 0.15) is 5.82 Å². The maximum absolute atomic E-state index is 12.9. The van der Waals surface area contributed by atoms with Crippen molar-refractivity contribution in [2.75, 3.05) is 25.2 Å². The second kappa shape index (κ2) is 8.11. The smallest absolute Gasteiger partial charge is 0.262 e. The number of ether oxygens (including phenoxy) is 1. The quantitative estimate of drug-likeness (QED) is 0.354. The molecular weight excluding hydrogens is 354 g/mol. The predicted molar refractivity (Wildman–Crippen MR) is 101 cm³/mol. The lowest BCUT2D eigenvalue weighted by Crippen LogP contribution is -2.24. The van der Waals surface area contributed by atoms with Crippen molar-refractivity contribution in [3.05, 3.63) is 40.4 Å². The molecule has 0 aliphatic rings. The molecular formula is C16H19N7O2S. The average Bonchev–Trinajstić information content (AvgIpc) is 2.61. The number of anilines is 2. The topological polar surface area (TPSA) is 135 Å². The van der Waals surface area contributed by atoms with Gasteiger partial charge in [-0.2, -0.15) is 15.0 Å². The summed E-state index contributed by atoms with van der Waals surface area (Å²) in [4.78, 5) is 29.3. The molecule has 0 aliphatic carbocycles. The van der Waals surface area contributed by atoms with E-state index in [1.54, 1.807) is 17.7 Å². The monoisotopic (exact) mass is 373 g/mol. The number of aromatic nitrogens is 5. The van der Waals surface area contributed by atoms with E-state index in [0.29, 0.717) is 47.2 Å². The number of nitrogens with zero attached hydrogens (tertiary/aromatic N) is 5. The Morgan fingerprint density at radius 1 is 1.12 bits per heavy atom. The Bertz CT molecular complexity index is 956. The van der Waals surface area contributed by atoms with Gasteiger partial charge in [0.25, 0.3) is 5.56 Å². The molecule has 0 saturated heterocycles. The van der Waals surface area contributed by atoms with E-state index in [-0.39, 0.29) is 17.5 Å². The van der Waals surface area contributed by atoms with Crippen LogP contribution in [0.4, 0.5) is 11.9 Å². The number of hydrogen-bond acceptors (Lipinski definition) is 9. The summed E-state index contributed by atoms with van der Waals surface area (Å²) in [5, 5.41) is 1.17. The number of para-hydroxylation sites is 1. The molecule has 4 N–H and O–H groups in total. The first kappa shape index (κ1) is 18.1. The fraction of sp³-hybridized carbons (Fsp3) is 0.312. The molecule has 0 bridgehead atoms. The Morgan fingerprint density at radius 3 is 2.58 bits per heavy atom. The summed E-state index contributed by atoms with van der Waals surface area (Å²) in [6.45, 7) is 1.07. The van der Waals surface area contributed by atoms with Gasteiger partial charge in [-0.05, 0) is 18.6 Å². The molecule has 0 saturated carbocycles. The molecule has 26 heavy (non-hydrogen) atoms. The Hall–Kier alpha value is -2.72. The molecule has 0 unspecified atom stereocenters. The third kappa shape index (κ3) is 4.09. The van der Waals surface area contributed by atoms with Gasteiger partial charge in [0.15, 0.2) is 5.16 Å². The Balaban J connectivity index is 1.94. The minimum Gasteiger partial charge on any atom is -0.385 e. The minimum absolute atomic E-state index is 0.0667. The lowest BCUT2D eigenvalue weighted by Gasteiger charge is -2.12. The fourth-order valence-electron chi connectivity index (χ4n) is 2.47. The average molecular weight is 373 g/mol. The Labute approximate surface area is 153 Å². The highest BCUT2D eigenvalue weighted by Gasteiger charge is 2.13. The van der Waals surface area contributed by atoms with E-state index in [1.165, 1.54) is 11.8 Å². The number of benzene rings is 1. The molecule has 0 aliphatic heterocycles. The third-order valence-electron chi connectivity index (χ3n) is 3.60. The number of nitrogen functional groups attached to an aromatic ring is 2. The SMILES string of the molecule is COCCCn1c(SCc2nc(N)nc(N)n2)nc2ccccc2c1=O. The molecule has 2 heterocycles. The van der Waals surface area contributed by atoms with Crippen LogP contribution in [0, 0.1) is 0 Å². The molecule has 2 aromatic heterocycles. The van der Waals surface area contributed by atoms with E-state index in [2.05, 4.69) is 19.9 Å². The lowest BCUT2D eigenvalue weighted by molar-refractivity contribution is 0.189.